The van der Waals surface area contributed by atoms with Crippen LogP contribution in [0.4, 0.5) is 8.78 Å². The minimum Gasteiger partial charge on any atom is -0.495 e. The van der Waals surface area contributed by atoms with Crippen LogP contribution in [0.5, 0.6) is 5.75 Å². The van der Waals surface area contributed by atoms with Crippen molar-refractivity contribution in [3.8, 4) is 5.75 Å². The van der Waals surface area contributed by atoms with Crippen LogP contribution in [-0.2, 0) is 0 Å². The van der Waals surface area contributed by atoms with Crippen LogP contribution < -0.4 is 4.74 Å². The van der Waals surface area contributed by atoms with Crippen LogP contribution in [0.25, 0.3) is 0 Å². The van der Waals surface area contributed by atoms with Gasteiger partial charge in [0, 0.05) is 6.07 Å². The highest BCUT2D eigenvalue weighted by Crippen LogP contribution is 2.34. The molecule has 2 nitrogen and oxygen atoms in total. The molecule has 0 saturated heterocycles. The number of rotatable bonds is 3. The van der Waals surface area contributed by atoms with E-state index in [1.807, 2.05) is 0 Å². The normalized spacial score (nSPS) is 12.5. The van der Waals surface area contributed by atoms with Gasteiger partial charge in [0.2, 0.25) is 0 Å². The fourth-order valence-electron chi connectivity index (χ4n) is 1.56. The van der Waals surface area contributed by atoms with Crippen LogP contribution in [-0.4, -0.2) is 12.2 Å². The molecule has 0 radical (unpaired) electrons. The Morgan fingerprint density at radius 1 is 1.24 bits per heavy atom. The summed E-state index contributed by atoms with van der Waals surface area (Å²) in [5.74, 6) is -0.920. The maximum absolute atomic E-state index is 13.0. The molecule has 0 aliphatic carbocycles. The van der Waals surface area contributed by atoms with E-state index in [1.165, 1.54) is 18.4 Å². The van der Waals surface area contributed by atoms with E-state index in [9.17, 15) is 13.9 Å². The predicted octanol–water partition coefficient (Wildman–Crippen LogP) is 3.12. The molecule has 1 N–H and O–H groups in total. The summed E-state index contributed by atoms with van der Waals surface area (Å²) in [6.45, 7) is 0. The summed E-state index contributed by atoms with van der Waals surface area (Å²) in [5.41, 5.74) is 0.170. The summed E-state index contributed by atoms with van der Waals surface area (Å²) in [5, 5.41) is 11.8. The van der Waals surface area contributed by atoms with Gasteiger partial charge in [-0.1, -0.05) is 0 Å². The van der Waals surface area contributed by atoms with Gasteiger partial charge in [-0.2, -0.15) is 0 Å². The smallest absolute Gasteiger partial charge is 0.135 e. The van der Waals surface area contributed by atoms with Gasteiger partial charge in [-0.05, 0) is 29.1 Å². The lowest BCUT2D eigenvalue weighted by Crippen LogP contribution is -2.00. The van der Waals surface area contributed by atoms with E-state index in [0.29, 0.717) is 10.6 Å². The first-order valence-electron chi connectivity index (χ1n) is 4.87. The van der Waals surface area contributed by atoms with E-state index >= 15 is 0 Å². The monoisotopic (exact) mass is 256 g/mol. The summed E-state index contributed by atoms with van der Waals surface area (Å²) >= 11 is 1.27. The van der Waals surface area contributed by atoms with E-state index in [2.05, 4.69) is 0 Å². The second-order valence-electron chi connectivity index (χ2n) is 3.46. The van der Waals surface area contributed by atoms with Crippen molar-refractivity contribution >= 4 is 11.3 Å². The highest BCUT2D eigenvalue weighted by molar-refractivity contribution is 7.10. The van der Waals surface area contributed by atoms with Crippen molar-refractivity contribution in [2.75, 3.05) is 7.11 Å². The molecule has 2 rings (SSSR count). The Morgan fingerprint density at radius 2 is 1.88 bits per heavy atom. The van der Waals surface area contributed by atoms with E-state index in [0.717, 1.165) is 18.2 Å². The Balaban J connectivity index is 2.39. The second-order valence-corrected chi connectivity index (χ2v) is 4.41. The molecule has 0 saturated carbocycles. The Hall–Kier alpha value is -1.46. The van der Waals surface area contributed by atoms with Gasteiger partial charge in [-0.25, -0.2) is 8.78 Å². The molecule has 5 heteroatoms. The topological polar surface area (TPSA) is 29.5 Å². The van der Waals surface area contributed by atoms with Crippen molar-refractivity contribution in [1.29, 1.82) is 0 Å². The van der Waals surface area contributed by atoms with Gasteiger partial charge in [-0.15, -0.1) is 11.3 Å². The summed E-state index contributed by atoms with van der Waals surface area (Å²) in [4.78, 5) is 0.525. The molecular formula is C12H10F2O2S. The molecule has 1 aromatic heterocycles. The molecule has 0 amide bonds. The molecule has 0 aliphatic heterocycles. The van der Waals surface area contributed by atoms with Crippen molar-refractivity contribution in [3.63, 3.8) is 0 Å². The van der Waals surface area contributed by atoms with Gasteiger partial charge in [-0.3, -0.25) is 0 Å². The summed E-state index contributed by atoms with van der Waals surface area (Å²) in [7, 11) is 1.48. The molecule has 0 fully saturated rings. The lowest BCUT2D eigenvalue weighted by molar-refractivity contribution is 0.218. The first kappa shape index (κ1) is 12.0. The fourth-order valence-corrected chi connectivity index (χ4v) is 2.43. The second kappa shape index (κ2) is 4.81. The van der Waals surface area contributed by atoms with Gasteiger partial charge >= 0.3 is 0 Å². The zero-order valence-corrected chi connectivity index (χ0v) is 9.80. The number of hydrogen-bond acceptors (Lipinski definition) is 3. The number of ether oxygens (including phenoxy) is 1. The summed E-state index contributed by atoms with van der Waals surface area (Å²) in [6, 6.07) is 4.67. The average Bonchev–Trinajstić information content (AvgIpc) is 2.74. The van der Waals surface area contributed by atoms with Crippen molar-refractivity contribution in [3.05, 3.63) is 51.7 Å². The van der Waals surface area contributed by atoms with Crippen LogP contribution in [0, 0.1) is 11.6 Å². The Labute approximate surface area is 101 Å². The minimum absolute atomic E-state index is 0.170. The lowest BCUT2D eigenvalue weighted by atomic mass is 10.1. The van der Waals surface area contributed by atoms with Gasteiger partial charge in [0.05, 0.1) is 12.0 Å². The van der Waals surface area contributed by atoms with Crippen LogP contribution in [0.3, 0.4) is 0 Å². The maximum Gasteiger partial charge on any atom is 0.135 e. The number of thiophene rings is 1. The Morgan fingerprint density at radius 3 is 2.47 bits per heavy atom. The van der Waals surface area contributed by atoms with Crippen LogP contribution >= 0.6 is 11.3 Å². The largest absolute Gasteiger partial charge is 0.495 e. The van der Waals surface area contributed by atoms with Gasteiger partial charge in [0.25, 0.3) is 0 Å². The Bertz CT molecular complexity index is 505. The number of aliphatic hydroxyl groups excluding tert-OH is 1. The van der Waals surface area contributed by atoms with Gasteiger partial charge < -0.3 is 9.84 Å². The average molecular weight is 256 g/mol. The zero-order valence-electron chi connectivity index (χ0n) is 8.98. The minimum atomic E-state index is -1.09. The third kappa shape index (κ3) is 2.45. The van der Waals surface area contributed by atoms with Crippen molar-refractivity contribution in [2.24, 2.45) is 0 Å². The van der Waals surface area contributed by atoms with Crippen molar-refractivity contribution in [1.82, 2.24) is 0 Å². The van der Waals surface area contributed by atoms with Gasteiger partial charge in [0.1, 0.15) is 23.5 Å². The number of hydrogen-bond donors (Lipinski definition) is 1. The molecule has 17 heavy (non-hydrogen) atoms. The third-order valence-electron chi connectivity index (χ3n) is 2.33. The summed E-state index contributed by atoms with van der Waals surface area (Å²) < 4.78 is 31.1. The molecule has 0 bridgehead atoms. The van der Waals surface area contributed by atoms with Crippen molar-refractivity contribution in [2.45, 2.75) is 6.10 Å². The van der Waals surface area contributed by atoms with E-state index < -0.39 is 17.7 Å². The Kier molecular flexibility index (Phi) is 3.40. The number of aliphatic hydroxyl groups is 1. The van der Waals surface area contributed by atoms with E-state index in [-0.39, 0.29) is 5.56 Å². The summed E-state index contributed by atoms with van der Waals surface area (Å²) in [6.07, 6.45) is -1.09. The van der Waals surface area contributed by atoms with Crippen LogP contribution in [0.15, 0.2) is 29.6 Å². The first-order chi connectivity index (χ1) is 8.11. The number of benzene rings is 1. The maximum atomic E-state index is 13.0. The van der Waals surface area contributed by atoms with Crippen molar-refractivity contribution < 1.29 is 18.6 Å². The van der Waals surface area contributed by atoms with E-state index in [1.54, 1.807) is 11.4 Å². The van der Waals surface area contributed by atoms with E-state index in [4.69, 9.17) is 4.74 Å². The highest BCUT2D eigenvalue weighted by atomic mass is 32.1. The van der Waals surface area contributed by atoms with Crippen LogP contribution in [0.1, 0.15) is 16.5 Å². The first-order valence-corrected chi connectivity index (χ1v) is 5.75. The number of halogens is 2. The lowest BCUT2D eigenvalue weighted by Gasteiger charge is -2.11. The molecule has 1 aromatic carbocycles. The molecule has 1 heterocycles. The molecule has 90 valence electrons. The third-order valence-corrected chi connectivity index (χ3v) is 3.28. The predicted molar refractivity (Wildman–Crippen MR) is 61.3 cm³/mol. The van der Waals surface area contributed by atoms with Gasteiger partial charge in [0.15, 0.2) is 0 Å². The highest BCUT2D eigenvalue weighted by Gasteiger charge is 2.18. The SMILES string of the molecule is COc1ccsc1C(O)c1cc(F)cc(F)c1. The number of methoxy groups -OCH3 is 1. The fraction of sp³-hybridized carbons (Fsp3) is 0.167. The van der Waals surface area contributed by atoms with Crippen LogP contribution in [0.2, 0.25) is 0 Å². The molecule has 2 aromatic rings. The molecule has 0 spiro atoms. The quantitative estimate of drug-likeness (QED) is 0.914. The standard InChI is InChI=1S/C12H10F2O2S/c1-16-10-2-3-17-12(10)11(15)7-4-8(13)6-9(14)5-7/h2-6,11,15H,1H3. The molecular weight excluding hydrogens is 246 g/mol. The molecule has 1 unspecified atom stereocenters. The zero-order chi connectivity index (χ0) is 12.4. The molecule has 1 atom stereocenters. The molecule has 0 aliphatic rings.